The van der Waals surface area contributed by atoms with E-state index in [4.69, 9.17) is 0 Å². The van der Waals surface area contributed by atoms with Crippen molar-refractivity contribution >= 4 is 21.1 Å². The topological polar surface area (TPSA) is 103 Å². The van der Waals surface area contributed by atoms with E-state index in [9.17, 15) is 18.0 Å². The smallest absolute Gasteiger partial charge is 0.314 e. The van der Waals surface area contributed by atoms with Gasteiger partial charge in [-0.3, -0.25) is 9.59 Å². The lowest BCUT2D eigenvalue weighted by molar-refractivity contribution is 0.466. The molecule has 0 spiro atoms. The minimum atomic E-state index is -3.76. The van der Waals surface area contributed by atoms with Gasteiger partial charge in [0.05, 0.1) is 15.9 Å². The van der Waals surface area contributed by atoms with Gasteiger partial charge in [0.2, 0.25) is 10.0 Å². The summed E-state index contributed by atoms with van der Waals surface area (Å²) in [6.07, 6.45) is 0. The average molecular weight is 373 g/mol. The molecule has 3 rings (SSSR count). The first kappa shape index (κ1) is 18.1. The normalized spacial score (nSPS) is 12.0. The van der Waals surface area contributed by atoms with E-state index < -0.39 is 21.1 Å². The lowest BCUT2D eigenvalue weighted by Crippen LogP contribution is -2.29. The molecule has 8 heteroatoms. The van der Waals surface area contributed by atoms with E-state index >= 15 is 0 Å². The third kappa shape index (κ3) is 3.33. The molecule has 3 aromatic rings. The number of aromatic amines is 2. The van der Waals surface area contributed by atoms with Crippen LogP contribution < -0.4 is 11.1 Å². The number of rotatable bonds is 4. The second-order valence-electron chi connectivity index (χ2n) is 6.31. The maximum absolute atomic E-state index is 12.9. The average Bonchev–Trinajstić information content (AvgIpc) is 2.57. The van der Waals surface area contributed by atoms with Crippen molar-refractivity contribution in [3.05, 3.63) is 73.8 Å². The number of fused-ring (bicyclic) bond motifs is 1. The molecule has 0 atom stereocenters. The third-order valence-electron chi connectivity index (χ3n) is 4.29. The van der Waals surface area contributed by atoms with E-state index in [1.807, 2.05) is 32.0 Å². The number of nitrogens with one attached hydrogen (secondary N) is 2. The summed E-state index contributed by atoms with van der Waals surface area (Å²) in [6.45, 7) is 4.16. The first-order valence-corrected chi connectivity index (χ1v) is 9.41. The van der Waals surface area contributed by atoms with Gasteiger partial charge < -0.3 is 9.97 Å². The van der Waals surface area contributed by atoms with Crippen molar-refractivity contribution in [1.82, 2.24) is 14.3 Å². The second-order valence-corrected chi connectivity index (χ2v) is 8.35. The molecule has 0 saturated carbocycles. The minimum absolute atomic E-state index is 0.0416. The van der Waals surface area contributed by atoms with Crippen molar-refractivity contribution in [3.63, 3.8) is 0 Å². The predicted molar refractivity (Wildman–Crippen MR) is 99.8 cm³/mol. The van der Waals surface area contributed by atoms with Crippen LogP contribution in [0.3, 0.4) is 0 Å². The lowest BCUT2D eigenvalue weighted by Gasteiger charge is -2.19. The van der Waals surface area contributed by atoms with Crippen LogP contribution in [0.4, 0.5) is 0 Å². The Hall–Kier alpha value is -2.71. The van der Waals surface area contributed by atoms with Crippen LogP contribution in [0.25, 0.3) is 11.0 Å². The van der Waals surface area contributed by atoms with Crippen molar-refractivity contribution in [3.8, 4) is 0 Å². The fraction of sp³-hybridized carbons (Fsp3) is 0.222. The van der Waals surface area contributed by atoms with E-state index in [2.05, 4.69) is 9.97 Å². The number of sulfonamides is 1. The van der Waals surface area contributed by atoms with Crippen LogP contribution in [-0.2, 0) is 16.6 Å². The Balaban J connectivity index is 1.98. The van der Waals surface area contributed by atoms with E-state index in [1.165, 1.54) is 29.6 Å². The summed E-state index contributed by atoms with van der Waals surface area (Å²) in [5.41, 5.74) is 2.08. The molecule has 136 valence electrons. The molecular weight excluding hydrogens is 354 g/mol. The summed E-state index contributed by atoms with van der Waals surface area (Å²) >= 11 is 0. The molecule has 2 N–H and O–H groups in total. The van der Waals surface area contributed by atoms with Gasteiger partial charge >= 0.3 is 11.1 Å². The molecular formula is C18H19N3O4S. The molecule has 1 heterocycles. The third-order valence-corrected chi connectivity index (χ3v) is 6.09. The summed E-state index contributed by atoms with van der Waals surface area (Å²) in [6, 6.07) is 10.1. The SMILES string of the molecule is Cc1ccc(CN(C)S(=O)(=O)c2ccc3[nH]c(=O)c(=O)[nH]c3c2)c(C)c1. The first-order valence-electron chi connectivity index (χ1n) is 7.97. The van der Waals surface area contributed by atoms with Crippen LogP contribution >= 0.6 is 0 Å². The Labute approximate surface area is 150 Å². The van der Waals surface area contributed by atoms with E-state index in [1.54, 1.807) is 0 Å². The van der Waals surface area contributed by atoms with Crippen molar-refractivity contribution in [2.45, 2.75) is 25.3 Å². The monoisotopic (exact) mass is 373 g/mol. The number of hydrogen-bond acceptors (Lipinski definition) is 4. The van der Waals surface area contributed by atoms with Gasteiger partial charge in [0, 0.05) is 13.6 Å². The molecule has 7 nitrogen and oxygen atoms in total. The number of aromatic nitrogens is 2. The summed E-state index contributed by atoms with van der Waals surface area (Å²) in [7, 11) is -2.25. The highest BCUT2D eigenvalue weighted by molar-refractivity contribution is 7.89. The van der Waals surface area contributed by atoms with Crippen LogP contribution in [0, 0.1) is 13.8 Å². The second kappa shape index (κ2) is 6.54. The maximum atomic E-state index is 12.9. The number of benzene rings is 2. The molecule has 0 amide bonds. The van der Waals surface area contributed by atoms with E-state index in [0.29, 0.717) is 5.52 Å². The molecule has 0 unspecified atom stereocenters. The zero-order valence-electron chi connectivity index (χ0n) is 14.7. The van der Waals surface area contributed by atoms with Gasteiger partial charge in [0.15, 0.2) is 0 Å². The van der Waals surface area contributed by atoms with Crippen LogP contribution in [-0.4, -0.2) is 29.7 Å². The van der Waals surface area contributed by atoms with Crippen LogP contribution in [0.5, 0.6) is 0 Å². The van der Waals surface area contributed by atoms with Gasteiger partial charge in [0.1, 0.15) is 0 Å². The number of hydrogen-bond donors (Lipinski definition) is 2. The first-order chi connectivity index (χ1) is 12.2. The molecule has 0 saturated heterocycles. The highest BCUT2D eigenvalue weighted by Gasteiger charge is 2.22. The molecule has 0 aliphatic carbocycles. The Morgan fingerprint density at radius 1 is 0.923 bits per heavy atom. The van der Waals surface area contributed by atoms with Crippen molar-refractivity contribution in [2.24, 2.45) is 0 Å². The number of nitrogens with zero attached hydrogens (tertiary/aromatic N) is 1. The lowest BCUT2D eigenvalue weighted by atomic mass is 10.1. The molecule has 0 radical (unpaired) electrons. The molecule has 0 bridgehead atoms. The van der Waals surface area contributed by atoms with E-state index in [0.717, 1.165) is 16.7 Å². The van der Waals surface area contributed by atoms with Gasteiger partial charge in [-0.1, -0.05) is 23.8 Å². The highest BCUT2D eigenvalue weighted by Crippen LogP contribution is 2.21. The molecule has 2 aromatic carbocycles. The van der Waals surface area contributed by atoms with E-state index in [-0.39, 0.29) is 17.0 Å². The fourth-order valence-electron chi connectivity index (χ4n) is 2.78. The van der Waals surface area contributed by atoms with Crippen molar-refractivity contribution in [2.75, 3.05) is 7.05 Å². The Morgan fingerprint density at radius 2 is 1.58 bits per heavy atom. The molecule has 26 heavy (non-hydrogen) atoms. The molecule has 0 aliphatic heterocycles. The highest BCUT2D eigenvalue weighted by atomic mass is 32.2. The number of H-pyrrole nitrogens is 2. The van der Waals surface area contributed by atoms with Gasteiger partial charge in [-0.2, -0.15) is 4.31 Å². The van der Waals surface area contributed by atoms with Crippen LogP contribution in [0.1, 0.15) is 16.7 Å². The van der Waals surface area contributed by atoms with Crippen LogP contribution in [0.15, 0.2) is 50.9 Å². The van der Waals surface area contributed by atoms with Gasteiger partial charge in [0.25, 0.3) is 0 Å². The van der Waals surface area contributed by atoms with Crippen molar-refractivity contribution < 1.29 is 8.42 Å². The zero-order chi connectivity index (χ0) is 19.1. The standard InChI is InChI=1S/C18H19N3O4S/c1-11-4-5-13(12(2)8-11)10-21(3)26(24,25)14-6-7-15-16(9-14)20-18(23)17(22)19-15/h4-9H,10H2,1-3H3,(H,19,22)(H,20,23). The summed E-state index contributed by atoms with van der Waals surface area (Å²) in [5.74, 6) is 0. The van der Waals surface area contributed by atoms with Gasteiger partial charge in [-0.05, 0) is 43.2 Å². The maximum Gasteiger partial charge on any atom is 0.314 e. The molecule has 0 aliphatic rings. The fourth-order valence-corrected chi connectivity index (χ4v) is 3.96. The van der Waals surface area contributed by atoms with Gasteiger partial charge in [-0.15, -0.1) is 0 Å². The summed E-state index contributed by atoms with van der Waals surface area (Å²) in [5, 5.41) is 0. The molecule has 0 fully saturated rings. The Bertz CT molecular complexity index is 1210. The zero-order valence-corrected chi connectivity index (χ0v) is 15.5. The quantitative estimate of drug-likeness (QED) is 0.679. The minimum Gasteiger partial charge on any atom is -0.316 e. The summed E-state index contributed by atoms with van der Waals surface area (Å²) < 4.78 is 27.0. The van der Waals surface area contributed by atoms with Crippen LogP contribution in [0.2, 0.25) is 0 Å². The van der Waals surface area contributed by atoms with Gasteiger partial charge in [-0.25, -0.2) is 8.42 Å². The molecule has 1 aromatic heterocycles. The van der Waals surface area contributed by atoms with Crippen molar-refractivity contribution in [1.29, 1.82) is 0 Å². The predicted octanol–water partition coefficient (Wildman–Crippen LogP) is 1.65. The largest absolute Gasteiger partial charge is 0.316 e. The number of aryl methyl sites for hydroxylation is 2. The summed E-state index contributed by atoms with van der Waals surface area (Å²) in [4.78, 5) is 27.7. The Morgan fingerprint density at radius 3 is 2.23 bits per heavy atom. The Kier molecular flexibility index (Phi) is 4.55.